The lowest BCUT2D eigenvalue weighted by molar-refractivity contribution is -0.154. The van der Waals surface area contributed by atoms with Gasteiger partial charge in [0.15, 0.2) is 6.10 Å². The van der Waals surface area contributed by atoms with E-state index in [2.05, 4.69) is 10.6 Å². The predicted molar refractivity (Wildman–Crippen MR) is 55.3 cm³/mol. The van der Waals surface area contributed by atoms with Gasteiger partial charge < -0.3 is 15.4 Å². The summed E-state index contributed by atoms with van der Waals surface area (Å²) in [6, 6.07) is 0.187. The van der Waals surface area contributed by atoms with Crippen LogP contribution in [0.5, 0.6) is 0 Å². The Morgan fingerprint density at radius 3 is 2.60 bits per heavy atom. The van der Waals surface area contributed by atoms with Gasteiger partial charge in [0.1, 0.15) is 0 Å². The molecule has 0 aromatic rings. The lowest BCUT2D eigenvalue weighted by Gasteiger charge is -2.29. The lowest BCUT2D eigenvalue weighted by atomic mass is 10.1. The standard InChI is InChI=1S/C10H18N2O3/c1-3-4-9(15-7(2)13)10(14)12-8-5-11-6-8/h8-9,11H,3-6H2,1-2H3,(H,12,14). The van der Waals surface area contributed by atoms with Crippen LogP contribution in [0.4, 0.5) is 0 Å². The highest BCUT2D eigenvalue weighted by Crippen LogP contribution is 2.04. The zero-order valence-corrected chi connectivity index (χ0v) is 9.21. The molecule has 1 rings (SSSR count). The van der Waals surface area contributed by atoms with E-state index in [4.69, 9.17) is 4.74 Å². The topological polar surface area (TPSA) is 67.4 Å². The first kappa shape index (κ1) is 12.0. The van der Waals surface area contributed by atoms with Crippen LogP contribution in [0, 0.1) is 0 Å². The summed E-state index contributed by atoms with van der Waals surface area (Å²) in [6.45, 7) is 4.87. The fourth-order valence-electron chi connectivity index (χ4n) is 1.39. The van der Waals surface area contributed by atoms with Crippen molar-refractivity contribution >= 4 is 11.9 Å². The van der Waals surface area contributed by atoms with Gasteiger partial charge in [-0.1, -0.05) is 13.3 Å². The van der Waals surface area contributed by atoms with Crippen molar-refractivity contribution < 1.29 is 14.3 Å². The predicted octanol–water partition coefficient (Wildman–Crippen LogP) is -0.194. The average molecular weight is 214 g/mol. The maximum absolute atomic E-state index is 11.7. The third kappa shape index (κ3) is 3.87. The molecule has 0 aliphatic carbocycles. The number of ether oxygens (including phenoxy) is 1. The summed E-state index contributed by atoms with van der Waals surface area (Å²) in [5, 5.41) is 5.88. The summed E-state index contributed by atoms with van der Waals surface area (Å²) in [4.78, 5) is 22.4. The third-order valence-electron chi connectivity index (χ3n) is 2.28. The first-order valence-electron chi connectivity index (χ1n) is 5.31. The smallest absolute Gasteiger partial charge is 0.303 e. The number of rotatable bonds is 5. The second-order valence-corrected chi connectivity index (χ2v) is 3.75. The molecular formula is C10H18N2O3. The summed E-state index contributed by atoms with van der Waals surface area (Å²) in [5.74, 6) is -0.589. The number of nitrogens with one attached hydrogen (secondary N) is 2. The van der Waals surface area contributed by atoms with Gasteiger partial charge in [0.25, 0.3) is 5.91 Å². The van der Waals surface area contributed by atoms with E-state index in [-0.39, 0.29) is 11.9 Å². The molecule has 0 aromatic heterocycles. The molecule has 1 fully saturated rings. The molecule has 0 radical (unpaired) electrons. The minimum atomic E-state index is -0.631. The number of hydrogen-bond donors (Lipinski definition) is 2. The molecular weight excluding hydrogens is 196 g/mol. The zero-order chi connectivity index (χ0) is 11.3. The average Bonchev–Trinajstić information content (AvgIpc) is 2.09. The molecule has 1 aliphatic heterocycles. The van der Waals surface area contributed by atoms with Gasteiger partial charge in [0.05, 0.1) is 6.04 Å². The monoisotopic (exact) mass is 214 g/mol. The molecule has 1 heterocycles. The van der Waals surface area contributed by atoms with Crippen LogP contribution in [0.2, 0.25) is 0 Å². The van der Waals surface area contributed by atoms with Crippen molar-refractivity contribution in [2.45, 2.75) is 38.8 Å². The highest BCUT2D eigenvalue weighted by Gasteiger charge is 2.25. The summed E-state index contributed by atoms with van der Waals surface area (Å²) in [7, 11) is 0. The van der Waals surface area contributed by atoms with Crippen molar-refractivity contribution in [3.05, 3.63) is 0 Å². The van der Waals surface area contributed by atoms with Crippen molar-refractivity contribution in [3.63, 3.8) is 0 Å². The van der Waals surface area contributed by atoms with Crippen molar-refractivity contribution in [3.8, 4) is 0 Å². The van der Waals surface area contributed by atoms with E-state index in [1.165, 1.54) is 6.92 Å². The van der Waals surface area contributed by atoms with E-state index in [1.807, 2.05) is 6.92 Å². The van der Waals surface area contributed by atoms with Crippen LogP contribution in [-0.4, -0.2) is 37.1 Å². The van der Waals surface area contributed by atoms with E-state index < -0.39 is 12.1 Å². The normalized spacial score (nSPS) is 17.7. The largest absolute Gasteiger partial charge is 0.452 e. The van der Waals surface area contributed by atoms with Gasteiger partial charge in [0.2, 0.25) is 0 Å². The molecule has 1 unspecified atom stereocenters. The number of carbonyl (C=O) groups excluding carboxylic acids is 2. The summed E-state index contributed by atoms with van der Waals surface area (Å²) in [5.41, 5.74) is 0. The van der Waals surface area contributed by atoms with E-state index in [9.17, 15) is 9.59 Å². The molecule has 0 aromatic carbocycles. The van der Waals surface area contributed by atoms with Gasteiger partial charge in [-0.3, -0.25) is 9.59 Å². The molecule has 86 valence electrons. The van der Waals surface area contributed by atoms with Crippen molar-refractivity contribution in [2.24, 2.45) is 0 Å². The van der Waals surface area contributed by atoms with Crippen LogP contribution >= 0.6 is 0 Å². The molecule has 1 aliphatic rings. The maximum atomic E-state index is 11.7. The minimum absolute atomic E-state index is 0.182. The molecule has 1 saturated heterocycles. The quantitative estimate of drug-likeness (QED) is 0.622. The van der Waals surface area contributed by atoms with E-state index in [1.54, 1.807) is 0 Å². The Kier molecular flexibility index (Phi) is 4.55. The van der Waals surface area contributed by atoms with Gasteiger partial charge in [-0.15, -0.1) is 0 Å². The molecule has 0 spiro atoms. The SMILES string of the molecule is CCCC(OC(C)=O)C(=O)NC1CNC1. The Bertz CT molecular complexity index is 239. The fraction of sp³-hybridized carbons (Fsp3) is 0.800. The van der Waals surface area contributed by atoms with Gasteiger partial charge in [-0.05, 0) is 6.42 Å². The van der Waals surface area contributed by atoms with Crippen LogP contribution < -0.4 is 10.6 Å². The molecule has 0 saturated carbocycles. The first-order valence-corrected chi connectivity index (χ1v) is 5.31. The molecule has 1 amide bonds. The summed E-state index contributed by atoms with van der Waals surface area (Å²) >= 11 is 0. The third-order valence-corrected chi connectivity index (χ3v) is 2.28. The first-order chi connectivity index (χ1) is 7.13. The van der Waals surface area contributed by atoms with Crippen molar-refractivity contribution in [1.29, 1.82) is 0 Å². The van der Waals surface area contributed by atoms with Gasteiger partial charge in [0, 0.05) is 20.0 Å². The number of amides is 1. The molecule has 2 N–H and O–H groups in total. The summed E-state index contributed by atoms with van der Waals surface area (Å²) < 4.78 is 4.95. The van der Waals surface area contributed by atoms with Crippen LogP contribution in [0.3, 0.4) is 0 Å². The highest BCUT2D eigenvalue weighted by atomic mass is 16.5. The summed E-state index contributed by atoms with van der Waals surface area (Å²) in [6.07, 6.45) is 0.757. The maximum Gasteiger partial charge on any atom is 0.303 e. The van der Waals surface area contributed by atoms with Crippen molar-refractivity contribution in [2.75, 3.05) is 13.1 Å². The lowest BCUT2D eigenvalue weighted by Crippen LogP contribution is -2.58. The highest BCUT2D eigenvalue weighted by molar-refractivity contribution is 5.83. The van der Waals surface area contributed by atoms with Gasteiger partial charge in [-0.2, -0.15) is 0 Å². The Hall–Kier alpha value is -1.10. The van der Waals surface area contributed by atoms with Crippen LogP contribution in [0.15, 0.2) is 0 Å². The second kappa shape index (κ2) is 5.70. The molecule has 0 bridgehead atoms. The fourth-order valence-corrected chi connectivity index (χ4v) is 1.39. The second-order valence-electron chi connectivity index (χ2n) is 3.75. The van der Waals surface area contributed by atoms with Crippen molar-refractivity contribution in [1.82, 2.24) is 10.6 Å². The zero-order valence-electron chi connectivity index (χ0n) is 9.21. The Labute approximate surface area is 89.6 Å². The number of esters is 1. The number of hydrogen-bond acceptors (Lipinski definition) is 4. The van der Waals surface area contributed by atoms with E-state index in [0.29, 0.717) is 6.42 Å². The Morgan fingerprint density at radius 1 is 1.53 bits per heavy atom. The Morgan fingerprint density at radius 2 is 2.20 bits per heavy atom. The molecule has 15 heavy (non-hydrogen) atoms. The molecule has 5 nitrogen and oxygen atoms in total. The van der Waals surface area contributed by atoms with Crippen LogP contribution in [0.25, 0.3) is 0 Å². The van der Waals surface area contributed by atoms with Crippen LogP contribution in [-0.2, 0) is 14.3 Å². The number of carbonyl (C=O) groups is 2. The van der Waals surface area contributed by atoms with E-state index >= 15 is 0 Å². The van der Waals surface area contributed by atoms with Gasteiger partial charge in [-0.25, -0.2) is 0 Å². The minimum Gasteiger partial charge on any atom is -0.452 e. The Balaban J connectivity index is 2.38. The van der Waals surface area contributed by atoms with E-state index in [0.717, 1.165) is 19.5 Å². The van der Waals surface area contributed by atoms with Crippen LogP contribution in [0.1, 0.15) is 26.7 Å². The van der Waals surface area contributed by atoms with Gasteiger partial charge >= 0.3 is 5.97 Å². The molecule has 1 atom stereocenters. The molecule has 5 heteroatoms.